The molecule has 7 nitrogen and oxygen atoms in total. The summed E-state index contributed by atoms with van der Waals surface area (Å²) < 4.78 is 5.31. The number of carbonyl (C=O) groups is 3. The maximum absolute atomic E-state index is 12.7. The Bertz CT molecular complexity index is 748. The molecule has 1 aromatic rings. The van der Waals surface area contributed by atoms with Gasteiger partial charge in [0, 0.05) is 5.02 Å². The number of halogens is 2. The largest absolute Gasteiger partial charge is 0.482 e. The summed E-state index contributed by atoms with van der Waals surface area (Å²) in [6, 6.07) is 3.97. The van der Waals surface area contributed by atoms with Crippen molar-refractivity contribution in [2.75, 3.05) is 6.61 Å². The summed E-state index contributed by atoms with van der Waals surface area (Å²) in [5.41, 5.74) is 1.40. The molecule has 0 bridgehead atoms. The maximum atomic E-state index is 12.7. The van der Waals surface area contributed by atoms with E-state index in [1.54, 1.807) is 6.07 Å². The van der Waals surface area contributed by atoms with Gasteiger partial charge < -0.3 is 10.1 Å². The second-order valence-corrected chi connectivity index (χ2v) is 7.58. The fraction of sp³-hybridized carbons (Fsp3) is 0.471. The molecule has 1 aliphatic carbocycles. The number of amides is 4. The van der Waals surface area contributed by atoms with E-state index in [9.17, 15) is 14.4 Å². The normalized spacial score (nSPS) is 25.3. The standard InChI is InChI=1S/C17H19Cl2N3O4/c1-10-4-6-17(7-5-10)15(24)22(16(25)20-17)21-14(23)9-26-13-3-2-11(18)8-12(13)19/h2-3,8,10H,4-7,9H2,1H3,(H,20,25)(H,21,23). The number of imide groups is 1. The van der Waals surface area contributed by atoms with Crippen molar-refractivity contribution >= 4 is 41.0 Å². The molecule has 1 heterocycles. The number of nitrogens with zero attached hydrogens (tertiary/aromatic N) is 1. The second-order valence-electron chi connectivity index (χ2n) is 6.73. The van der Waals surface area contributed by atoms with Crippen LogP contribution in [0.2, 0.25) is 10.0 Å². The first-order chi connectivity index (χ1) is 12.3. The lowest BCUT2D eigenvalue weighted by Gasteiger charge is -2.33. The first-order valence-electron chi connectivity index (χ1n) is 8.35. The van der Waals surface area contributed by atoms with Crippen molar-refractivity contribution in [3.8, 4) is 5.75 Å². The molecule has 0 radical (unpaired) electrons. The highest BCUT2D eigenvalue weighted by atomic mass is 35.5. The van der Waals surface area contributed by atoms with Crippen molar-refractivity contribution in [2.45, 2.75) is 38.1 Å². The van der Waals surface area contributed by atoms with E-state index < -0.39 is 30.0 Å². The quantitative estimate of drug-likeness (QED) is 0.761. The number of ether oxygens (including phenoxy) is 1. The molecule has 1 saturated heterocycles. The van der Waals surface area contributed by atoms with Crippen LogP contribution in [0, 0.1) is 5.92 Å². The Labute approximate surface area is 160 Å². The minimum absolute atomic E-state index is 0.260. The zero-order valence-electron chi connectivity index (χ0n) is 14.2. The minimum atomic E-state index is -0.906. The smallest absolute Gasteiger partial charge is 0.344 e. The monoisotopic (exact) mass is 399 g/mol. The highest BCUT2D eigenvalue weighted by molar-refractivity contribution is 6.35. The van der Waals surface area contributed by atoms with Crippen molar-refractivity contribution in [3.63, 3.8) is 0 Å². The lowest BCUT2D eigenvalue weighted by atomic mass is 9.77. The van der Waals surface area contributed by atoms with Crippen LogP contribution in [0.25, 0.3) is 0 Å². The molecule has 0 aromatic heterocycles. The average Bonchev–Trinajstić information content (AvgIpc) is 2.81. The minimum Gasteiger partial charge on any atom is -0.482 e. The van der Waals surface area contributed by atoms with E-state index >= 15 is 0 Å². The van der Waals surface area contributed by atoms with Crippen LogP contribution in [0.15, 0.2) is 18.2 Å². The summed E-state index contributed by atoms with van der Waals surface area (Å²) in [4.78, 5) is 36.9. The van der Waals surface area contributed by atoms with Gasteiger partial charge in [0.05, 0.1) is 5.02 Å². The molecule has 4 amide bonds. The summed E-state index contributed by atoms with van der Waals surface area (Å²) in [7, 11) is 0. The SMILES string of the molecule is CC1CCC2(CC1)NC(=O)N(NC(=O)COc1ccc(Cl)cc1Cl)C2=O. The lowest BCUT2D eigenvalue weighted by Crippen LogP contribution is -2.52. The molecule has 1 spiro atoms. The molecule has 2 fully saturated rings. The van der Waals surface area contributed by atoms with Crippen LogP contribution in [0.3, 0.4) is 0 Å². The van der Waals surface area contributed by atoms with E-state index in [1.807, 2.05) is 0 Å². The summed E-state index contributed by atoms with van der Waals surface area (Å²) in [5, 5.41) is 4.17. The van der Waals surface area contributed by atoms with Crippen molar-refractivity contribution in [1.29, 1.82) is 0 Å². The van der Waals surface area contributed by atoms with Crippen molar-refractivity contribution in [2.24, 2.45) is 5.92 Å². The van der Waals surface area contributed by atoms with Gasteiger partial charge in [-0.25, -0.2) is 4.79 Å². The number of benzene rings is 1. The second kappa shape index (κ2) is 7.32. The number of hydrogen-bond donors (Lipinski definition) is 2. The highest BCUT2D eigenvalue weighted by Gasteiger charge is 2.52. The topological polar surface area (TPSA) is 87.7 Å². The van der Waals surface area contributed by atoms with Crippen molar-refractivity contribution in [3.05, 3.63) is 28.2 Å². The van der Waals surface area contributed by atoms with Gasteiger partial charge in [-0.15, -0.1) is 0 Å². The predicted molar refractivity (Wildman–Crippen MR) is 95.8 cm³/mol. The number of hydrazine groups is 1. The molecule has 0 unspecified atom stereocenters. The zero-order valence-corrected chi connectivity index (χ0v) is 15.7. The molecule has 9 heteroatoms. The van der Waals surface area contributed by atoms with E-state index in [0.717, 1.165) is 17.9 Å². The highest BCUT2D eigenvalue weighted by Crippen LogP contribution is 2.35. The van der Waals surface area contributed by atoms with Gasteiger partial charge in [-0.2, -0.15) is 5.01 Å². The first kappa shape index (κ1) is 18.8. The van der Waals surface area contributed by atoms with Gasteiger partial charge in [-0.05, 0) is 49.8 Å². The molecule has 1 aromatic carbocycles. The molecule has 1 saturated carbocycles. The average molecular weight is 400 g/mol. The molecule has 2 N–H and O–H groups in total. The van der Waals surface area contributed by atoms with Crippen LogP contribution in [-0.4, -0.2) is 35.0 Å². The Morgan fingerprint density at radius 2 is 2.04 bits per heavy atom. The third-order valence-electron chi connectivity index (χ3n) is 4.78. The molecular formula is C17H19Cl2N3O4. The third-order valence-corrected chi connectivity index (χ3v) is 5.31. The van der Waals surface area contributed by atoms with Gasteiger partial charge in [0.25, 0.3) is 11.8 Å². The predicted octanol–water partition coefficient (Wildman–Crippen LogP) is 2.90. The summed E-state index contributed by atoms with van der Waals surface area (Å²) >= 11 is 11.8. The van der Waals surface area contributed by atoms with Gasteiger partial charge in [-0.3, -0.25) is 15.0 Å². The molecule has 0 atom stereocenters. The van der Waals surface area contributed by atoms with Gasteiger partial charge >= 0.3 is 6.03 Å². The van der Waals surface area contributed by atoms with Crippen LogP contribution in [0.4, 0.5) is 4.79 Å². The summed E-state index contributed by atoms with van der Waals surface area (Å²) in [5.74, 6) is -0.263. The third kappa shape index (κ3) is 3.73. The van der Waals surface area contributed by atoms with Crippen LogP contribution in [0.1, 0.15) is 32.6 Å². The van der Waals surface area contributed by atoms with E-state index in [4.69, 9.17) is 27.9 Å². The van der Waals surface area contributed by atoms with E-state index in [1.165, 1.54) is 12.1 Å². The van der Waals surface area contributed by atoms with Crippen molar-refractivity contribution < 1.29 is 19.1 Å². The Balaban J connectivity index is 1.59. The number of urea groups is 1. The van der Waals surface area contributed by atoms with Gasteiger partial charge in [-0.1, -0.05) is 30.1 Å². The van der Waals surface area contributed by atoms with Crippen LogP contribution < -0.4 is 15.5 Å². The van der Waals surface area contributed by atoms with Crippen LogP contribution in [0.5, 0.6) is 5.75 Å². The van der Waals surface area contributed by atoms with E-state index in [2.05, 4.69) is 17.7 Å². The van der Waals surface area contributed by atoms with E-state index in [-0.39, 0.29) is 10.8 Å². The molecule has 2 aliphatic rings. The maximum Gasteiger partial charge on any atom is 0.344 e. The fourth-order valence-corrected chi connectivity index (χ4v) is 3.67. The number of rotatable bonds is 4. The fourth-order valence-electron chi connectivity index (χ4n) is 3.21. The number of carbonyl (C=O) groups excluding carboxylic acids is 3. The Morgan fingerprint density at radius 1 is 1.35 bits per heavy atom. The molecule has 1 aliphatic heterocycles. The molecule has 26 heavy (non-hydrogen) atoms. The van der Waals surface area contributed by atoms with Gasteiger partial charge in [0.1, 0.15) is 11.3 Å². The number of hydrogen-bond acceptors (Lipinski definition) is 4. The Kier molecular flexibility index (Phi) is 5.29. The first-order valence-corrected chi connectivity index (χ1v) is 9.10. The Hall–Kier alpha value is -1.99. The van der Waals surface area contributed by atoms with Crippen LogP contribution in [-0.2, 0) is 9.59 Å². The number of nitrogens with one attached hydrogen (secondary N) is 2. The zero-order chi connectivity index (χ0) is 18.9. The molecule has 3 rings (SSSR count). The molecular weight excluding hydrogens is 381 g/mol. The van der Waals surface area contributed by atoms with E-state index in [0.29, 0.717) is 23.8 Å². The summed E-state index contributed by atoms with van der Waals surface area (Å²) in [6.07, 6.45) is 2.85. The van der Waals surface area contributed by atoms with Crippen LogP contribution >= 0.6 is 23.2 Å². The van der Waals surface area contributed by atoms with Gasteiger partial charge in [0.2, 0.25) is 0 Å². The van der Waals surface area contributed by atoms with Crippen molar-refractivity contribution in [1.82, 2.24) is 15.8 Å². The Morgan fingerprint density at radius 3 is 2.69 bits per heavy atom. The molecule has 140 valence electrons. The summed E-state index contributed by atoms with van der Waals surface area (Å²) in [6.45, 7) is 1.72. The lowest BCUT2D eigenvalue weighted by molar-refractivity contribution is -0.140. The van der Waals surface area contributed by atoms with Gasteiger partial charge in [0.15, 0.2) is 6.61 Å².